The largest absolute Gasteiger partial charge is 0.361 e. The molecule has 9 heteroatoms. The molecule has 0 aliphatic carbocycles. The minimum atomic E-state index is -3.72. The lowest BCUT2D eigenvalue weighted by atomic mass is 10.2. The van der Waals surface area contributed by atoms with Crippen LogP contribution in [0.1, 0.15) is 5.56 Å². The first-order valence-electron chi connectivity index (χ1n) is 9.95. The highest BCUT2D eigenvalue weighted by Crippen LogP contribution is 2.18. The van der Waals surface area contributed by atoms with E-state index < -0.39 is 10.0 Å². The Balaban J connectivity index is 1.55. The molecule has 0 aliphatic heterocycles. The molecule has 0 atom stereocenters. The highest BCUT2D eigenvalue weighted by Gasteiger charge is 2.14. The number of nitrogens with zero attached hydrogens (tertiary/aromatic N) is 1. The summed E-state index contributed by atoms with van der Waals surface area (Å²) in [5, 5.41) is 7.21. The van der Waals surface area contributed by atoms with Gasteiger partial charge in [-0.2, -0.15) is 0 Å². The number of aromatic nitrogens is 2. The number of rotatable bonds is 6. The van der Waals surface area contributed by atoms with E-state index in [1.54, 1.807) is 48.5 Å². The van der Waals surface area contributed by atoms with Crippen LogP contribution in [0.4, 0.5) is 11.4 Å². The van der Waals surface area contributed by atoms with E-state index in [2.05, 4.69) is 21.7 Å². The minimum absolute atomic E-state index is 0.122. The molecule has 0 amide bonds. The van der Waals surface area contributed by atoms with Gasteiger partial charge < -0.3 is 5.32 Å². The molecule has 0 radical (unpaired) electrons. The summed E-state index contributed by atoms with van der Waals surface area (Å²) < 4.78 is 29.2. The summed E-state index contributed by atoms with van der Waals surface area (Å²) in [4.78, 5) is 12.9. The van der Waals surface area contributed by atoms with Gasteiger partial charge in [0.15, 0.2) is 0 Å². The van der Waals surface area contributed by atoms with Crippen molar-refractivity contribution in [3.63, 3.8) is 0 Å². The number of hydrogen-bond acceptors (Lipinski definition) is 4. The summed E-state index contributed by atoms with van der Waals surface area (Å²) in [5.74, 6) is 0. The van der Waals surface area contributed by atoms with E-state index in [9.17, 15) is 13.2 Å². The number of anilines is 2. The molecule has 33 heavy (non-hydrogen) atoms. The van der Waals surface area contributed by atoms with Crippen LogP contribution in [0.5, 0.6) is 0 Å². The number of halogens is 1. The lowest BCUT2D eigenvalue weighted by Crippen LogP contribution is -2.34. The van der Waals surface area contributed by atoms with Gasteiger partial charge in [-0.3, -0.25) is 14.6 Å². The number of aryl methyl sites for hydroxylation is 1. The van der Waals surface area contributed by atoms with Crippen LogP contribution < -0.4 is 26.2 Å². The molecule has 7 nitrogen and oxygen atoms in total. The van der Waals surface area contributed by atoms with E-state index in [-0.39, 0.29) is 10.5 Å². The quantitative estimate of drug-likeness (QED) is 0.395. The van der Waals surface area contributed by atoms with Gasteiger partial charge in [-0.05, 0) is 61.5 Å². The maximum absolute atomic E-state index is 12.8. The van der Waals surface area contributed by atoms with Crippen molar-refractivity contribution >= 4 is 45.8 Å². The molecule has 0 aliphatic rings. The molecule has 4 rings (SSSR count). The first-order chi connectivity index (χ1) is 15.7. The second-order valence-corrected chi connectivity index (χ2v) is 9.53. The van der Waals surface area contributed by atoms with Crippen LogP contribution in [0, 0.1) is 6.92 Å². The van der Waals surface area contributed by atoms with Gasteiger partial charge in [0.05, 0.1) is 21.2 Å². The van der Waals surface area contributed by atoms with Crippen molar-refractivity contribution in [1.29, 1.82) is 0 Å². The fraction of sp³-hybridized carbons (Fsp3) is 0.0417. The van der Waals surface area contributed by atoms with Gasteiger partial charge in [0, 0.05) is 22.6 Å². The molecule has 4 aromatic rings. The van der Waals surface area contributed by atoms with Crippen molar-refractivity contribution in [2.45, 2.75) is 11.8 Å². The molecule has 0 bridgehead atoms. The maximum Gasteiger partial charge on any atom is 0.280 e. The SMILES string of the molecule is C=c1[nH]n(-c2cccc(Cl)c2)c(=O)c1=CNc1ccc(S(=O)(=O)Nc2ccc(C)cc2)cc1. The van der Waals surface area contributed by atoms with Gasteiger partial charge in [0.25, 0.3) is 15.6 Å². The average molecular weight is 481 g/mol. The second kappa shape index (κ2) is 9.01. The van der Waals surface area contributed by atoms with Crippen molar-refractivity contribution in [3.05, 3.63) is 104 Å². The standard InChI is InChI=1S/C24H21ClN4O3S/c1-16-6-8-20(9-7-16)28-33(31,32)22-12-10-19(11-13-22)26-15-23-17(2)27-29(24(23)30)21-5-3-4-18(25)14-21/h3-15,26-28H,2H2,1H3. The van der Waals surface area contributed by atoms with Gasteiger partial charge >= 0.3 is 0 Å². The van der Waals surface area contributed by atoms with Crippen molar-refractivity contribution in [2.24, 2.45) is 0 Å². The minimum Gasteiger partial charge on any atom is -0.361 e. The fourth-order valence-electron chi connectivity index (χ4n) is 3.16. The normalized spacial score (nSPS) is 12.0. The molecule has 1 aromatic heterocycles. The third kappa shape index (κ3) is 5.02. The van der Waals surface area contributed by atoms with E-state index in [1.165, 1.54) is 23.0 Å². The maximum atomic E-state index is 12.8. The molecule has 0 saturated carbocycles. The molecule has 3 N–H and O–H groups in total. The first-order valence-corrected chi connectivity index (χ1v) is 11.8. The number of benzene rings is 3. The molecule has 3 aromatic carbocycles. The van der Waals surface area contributed by atoms with Crippen LogP contribution in [0.15, 0.2) is 82.5 Å². The zero-order chi connectivity index (χ0) is 23.6. The Labute approximate surface area is 195 Å². The van der Waals surface area contributed by atoms with Crippen molar-refractivity contribution in [3.8, 4) is 5.69 Å². The van der Waals surface area contributed by atoms with E-state index in [4.69, 9.17) is 11.6 Å². The number of nitrogens with one attached hydrogen (secondary N) is 3. The zero-order valence-corrected chi connectivity index (χ0v) is 19.2. The van der Waals surface area contributed by atoms with E-state index in [0.717, 1.165) is 5.56 Å². The highest BCUT2D eigenvalue weighted by molar-refractivity contribution is 7.92. The third-order valence-corrected chi connectivity index (χ3v) is 6.56. The molecule has 0 unspecified atom stereocenters. The van der Waals surface area contributed by atoms with Crippen molar-refractivity contribution in [1.82, 2.24) is 9.78 Å². The molecule has 0 spiro atoms. The third-order valence-electron chi connectivity index (χ3n) is 4.92. The van der Waals surface area contributed by atoms with Crippen LogP contribution in [0.3, 0.4) is 0 Å². The summed E-state index contributed by atoms with van der Waals surface area (Å²) >= 11 is 6.02. The first kappa shape index (κ1) is 22.4. The molecule has 1 heterocycles. The summed E-state index contributed by atoms with van der Waals surface area (Å²) in [7, 11) is -3.72. The van der Waals surface area contributed by atoms with Crippen LogP contribution in [-0.2, 0) is 10.0 Å². The summed E-state index contributed by atoms with van der Waals surface area (Å²) in [5.41, 5.74) is 2.43. The predicted molar refractivity (Wildman–Crippen MR) is 133 cm³/mol. The topological polar surface area (TPSA) is 96.0 Å². The molecular weight excluding hydrogens is 460 g/mol. The molecule has 0 fully saturated rings. The number of hydrogen-bond donors (Lipinski definition) is 3. The monoisotopic (exact) mass is 480 g/mol. The van der Waals surface area contributed by atoms with Gasteiger partial charge in [0.1, 0.15) is 0 Å². The Bertz CT molecular complexity index is 1570. The lowest BCUT2D eigenvalue weighted by molar-refractivity contribution is 0.601. The Morgan fingerprint density at radius 1 is 1.00 bits per heavy atom. The van der Waals surface area contributed by atoms with Gasteiger partial charge in [-0.15, -0.1) is 0 Å². The molecule has 0 saturated heterocycles. The summed E-state index contributed by atoms with van der Waals surface area (Å²) in [6.45, 7) is 5.81. The summed E-state index contributed by atoms with van der Waals surface area (Å²) in [6, 6.07) is 20.2. The molecular formula is C24H21ClN4O3S. The molecule has 168 valence electrons. The Kier molecular flexibility index (Phi) is 6.13. The Morgan fingerprint density at radius 3 is 2.33 bits per heavy atom. The summed E-state index contributed by atoms with van der Waals surface area (Å²) in [6.07, 6.45) is 1.52. The second-order valence-electron chi connectivity index (χ2n) is 7.41. The van der Waals surface area contributed by atoms with E-state index >= 15 is 0 Å². The number of aromatic amines is 1. The fourth-order valence-corrected chi connectivity index (χ4v) is 4.41. The zero-order valence-electron chi connectivity index (χ0n) is 17.7. The van der Waals surface area contributed by atoms with Crippen molar-refractivity contribution in [2.75, 3.05) is 10.0 Å². The smallest absolute Gasteiger partial charge is 0.280 e. The Hall–Kier alpha value is -3.75. The lowest BCUT2D eigenvalue weighted by Gasteiger charge is -2.09. The van der Waals surface area contributed by atoms with Gasteiger partial charge in [-0.25, -0.2) is 13.1 Å². The Morgan fingerprint density at radius 2 is 1.67 bits per heavy atom. The van der Waals surface area contributed by atoms with Crippen LogP contribution in [0.25, 0.3) is 18.5 Å². The van der Waals surface area contributed by atoms with Gasteiger partial charge in [-0.1, -0.05) is 41.9 Å². The highest BCUT2D eigenvalue weighted by atomic mass is 35.5. The number of sulfonamides is 1. The average Bonchev–Trinajstić information content (AvgIpc) is 3.07. The van der Waals surface area contributed by atoms with E-state index in [0.29, 0.717) is 32.7 Å². The van der Waals surface area contributed by atoms with Crippen molar-refractivity contribution < 1.29 is 8.42 Å². The van der Waals surface area contributed by atoms with E-state index in [1.807, 2.05) is 19.1 Å². The van der Waals surface area contributed by atoms with Crippen LogP contribution >= 0.6 is 11.6 Å². The van der Waals surface area contributed by atoms with Crippen LogP contribution in [-0.4, -0.2) is 18.2 Å². The number of H-pyrrole nitrogens is 1. The van der Waals surface area contributed by atoms with Crippen LogP contribution in [0.2, 0.25) is 5.02 Å². The predicted octanol–water partition coefficient (Wildman–Crippen LogP) is 3.19. The van der Waals surface area contributed by atoms with Gasteiger partial charge in [0.2, 0.25) is 0 Å².